The number of pyridine rings is 1. The van der Waals surface area contributed by atoms with Crippen molar-refractivity contribution in [3.63, 3.8) is 0 Å². The van der Waals surface area contributed by atoms with Gasteiger partial charge in [-0.3, -0.25) is 0 Å². The van der Waals surface area contributed by atoms with Gasteiger partial charge in [0.05, 0.1) is 4.90 Å². The molecule has 0 unspecified atom stereocenters. The second kappa shape index (κ2) is 11.9. The van der Waals surface area contributed by atoms with Crippen LogP contribution in [0.1, 0.15) is 57.8 Å². The lowest BCUT2D eigenvalue weighted by molar-refractivity contribution is -0.673. The monoisotopic (exact) mass is 533 g/mol. The molecule has 4 heteroatoms. The standard InChI is InChI=1S/C26H31NOS.HI/c28-23-14-16-24(17-15-23)29-25-19-22-12-6-7-13-26(22)27(20-25)18-8-2-5-11-21-9-3-1-4-10-21;/h6-7,12-17,19-21H,1-5,8-11,18H2;1H. The van der Waals surface area contributed by atoms with Crippen molar-refractivity contribution in [2.24, 2.45) is 5.92 Å². The lowest BCUT2D eigenvalue weighted by atomic mass is 9.85. The van der Waals surface area contributed by atoms with Gasteiger partial charge in [0, 0.05) is 22.8 Å². The highest BCUT2D eigenvalue weighted by Crippen LogP contribution is 2.30. The summed E-state index contributed by atoms with van der Waals surface area (Å²) in [6.07, 6.45) is 15.0. The fourth-order valence-electron chi connectivity index (χ4n) is 4.54. The topological polar surface area (TPSA) is 24.1 Å². The van der Waals surface area contributed by atoms with Crippen LogP contribution < -0.4 is 28.5 Å². The molecule has 1 saturated carbocycles. The van der Waals surface area contributed by atoms with Crippen molar-refractivity contribution >= 4 is 22.7 Å². The first-order valence-corrected chi connectivity index (χ1v) is 12.0. The molecule has 1 aliphatic rings. The molecule has 0 radical (unpaired) electrons. The van der Waals surface area contributed by atoms with Gasteiger partial charge in [0.1, 0.15) is 12.3 Å². The second-order valence-corrected chi connectivity index (χ2v) is 9.52. The molecule has 1 heterocycles. The van der Waals surface area contributed by atoms with Crippen LogP contribution in [0.4, 0.5) is 0 Å². The summed E-state index contributed by atoms with van der Waals surface area (Å²) >= 11 is 1.76. The molecule has 0 saturated heterocycles. The van der Waals surface area contributed by atoms with E-state index < -0.39 is 0 Å². The molecule has 2 nitrogen and oxygen atoms in total. The highest BCUT2D eigenvalue weighted by molar-refractivity contribution is 7.99. The van der Waals surface area contributed by atoms with Crippen LogP contribution in [0.2, 0.25) is 0 Å². The van der Waals surface area contributed by atoms with E-state index in [1.165, 1.54) is 73.6 Å². The van der Waals surface area contributed by atoms with Crippen molar-refractivity contribution in [1.82, 2.24) is 0 Å². The summed E-state index contributed by atoms with van der Waals surface area (Å²) in [5.74, 6) is 1.32. The van der Waals surface area contributed by atoms with E-state index in [2.05, 4.69) is 41.1 Å². The maximum atomic E-state index is 9.52. The van der Waals surface area contributed by atoms with Crippen molar-refractivity contribution < 1.29 is 33.7 Å². The molecule has 1 aromatic heterocycles. The van der Waals surface area contributed by atoms with Crippen molar-refractivity contribution in [3.05, 3.63) is 60.8 Å². The predicted molar refractivity (Wildman–Crippen MR) is 121 cm³/mol. The van der Waals surface area contributed by atoms with E-state index in [4.69, 9.17) is 0 Å². The number of aryl methyl sites for hydroxylation is 1. The number of unbranched alkanes of at least 4 members (excludes halogenated alkanes) is 2. The van der Waals surface area contributed by atoms with Gasteiger partial charge in [-0.25, -0.2) is 0 Å². The molecule has 0 amide bonds. The average molecular weight is 534 g/mol. The summed E-state index contributed by atoms with van der Waals surface area (Å²) < 4.78 is 2.43. The van der Waals surface area contributed by atoms with Gasteiger partial charge in [-0.15, -0.1) is 0 Å². The van der Waals surface area contributed by atoms with Gasteiger partial charge in [0.15, 0.2) is 6.20 Å². The zero-order valence-electron chi connectivity index (χ0n) is 17.6. The quantitative estimate of drug-likeness (QED) is 0.268. The van der Waals surface area contributed by atoms with Crippen molar-refractivity contribution in [2.75, 3.05) is 0 Å². The molecule has 4 rings (SSSR count). The van der Waals surface area contributed by atoms with Crippen molar-refractivity contribution in [1.29, 1.82) is 0 Å². The maximum absolute atomic E-state index is 9.52. The molecule has 0 atom stereocenters. The Hall–Kier alpha value is -1.27. The number of hydrogen-bond acceptors (Lipinski definition) is 2. The highest BCUT2D eigenvalue weighted by atomic mass is 127. The number of fused-ring (bicyclic) bond motifs is 1. The Bertz CT molecular complexity index is 922. The van der Waals surface area contributed by atoms with Gasteiger partial charge >= 0.3 is 0 Å². The second-order valence-electron chi connectivity index (χ2n) is 8.38. The number of phenolic OH excluding ortho intramolecular Hbond substituents is 1. The third-order valence-electron chi connectivity index (χ3n) is 6.14. The normalized spacial score (nSPS) is 14.5. The van der Waals surface area contributed by atoms with Gasteiger partial charge < -0.3 is 29.1 Å². The minimum absolute atomic E-state index is 0. The van der Waals surface area contributed by atoms with Gasteiger partial charge in [-0.2, -0.15) is 4.57 Å². The third kappa shape index (κ3) is 6.61. The minimum atomic E-state index is 0. The Morgan fingerprint density at radius 1 is 0.867 bits per heavy atom. The molecule has 0 spiro atoms. The van der Waals surface area contributed by atoms with Crippen molar-refractivity contribution in [3.8, 4) is 5.75 Å². The number of aromatic hydroxyl groups is 1. The zero-order valence-corrected chi connectivity index (χ0v) is 20.6. The predicted octanol–water partition coefficient (Wildman–Crippen LogP) is 4.13. The number of halogens is 1. The molecule has 1 N–H and O–H groups in total. The van der Waals surface area contributed by atoms with E-state index >= 15 is 0 Å². The van der Waals surface area contributed by atoms with E-state index in [1.54, 1.807) is 23.9 Å². The molecule has 1 fully saturated rings. The van der Waals surface area contributed by atoms with E-state index in [0.717, 1.165) is 17.4 Å². The van der Waals surface area contributed by atoms with E-state index in [9.17, 15) is 5.11 Å². The number of rotatable bonds is 8. The average Bonchev–Trinajstić information content (AvgIpc) is 2.76. The molecular formula is C26H32INOS. The van der Waals surface area contributed by atoms with Crippen LogP contribution in [-0.4, -0.2) is 5.11 Å². The van der Waals surface area contributed by atoms with Crippen LogP contribution in [0, 0.1) is 5.92 Å². The van der Waals surface area contributed by atoms with E-state index in [0.29, 0.717) is 5.75 Å². The summed E-state index contributed by atoms with van der Waals surface area (Å²) in [4.78, 5) is 2.40. The van der Waals surface area contributed by atoms with Crippen LogP contribution in [0.25, 0.3) is 10.9 Å². The number of para-hydroxylation sites is 1. The summed E-state index contributed by atoms with van der Waals surface area (Å²) in [5.41, 5.74) is 1.31. The largest absolute Gasteiger partial charge is 1.00 e. The Morgan fingerprint density at radius 2 is 1.63 bits per heavy atom. The zero-order chi connectivity index (χ0) is 19.9. The van der Waals surface area contributed by atoms with E-state index in [-0.39, 0.29) is 24.0 Å². The lowest BCUT2D eigenvalue weighted by Gasteiger charge is -2.21. The first kappa shape index (κ1) is 23.4. The molecule has 0 bridgehead atoms. The van der Waals surface area contributed by atoms with Gasteiger partial charge in [-0.05, 0) is 48.7 Å². The molecule has 1 aliphatic carbocycles. The van der Waals surface area contributed by atoms with Crippen LogP contribution in [0.5, 0.6) is 5.75 Å². The summed E-state index contributed by atoms with van der Waals surface area (Å²) in [7, 11) is 0. The SMILES string of the molecule is Oc1ccc(Sc2cc3ccccc3[n+](CCCCCC3CCCCC3)c2)cc1.[I-]. The molecule has 3 aromatic rings. The lowest BCUT2D eigenvalue weighted by Crippen LogP contribution is -3.00. The van der Waals surface area contributed by atoms with Crippen LogP contribution in [0.3, 0.4) is 0 Å². The molecule has 2 aromatic carbocycles. The first-order valence-electron chi connectivity index (χ1n) is 11.2. The summed E-state index contributed by atoms with van der Waals surface area (Å²) in [6.45, 7) is 1.08. The molecular weight excluding hydrogens is 501 g/mol. The van der Waals surface area contributed by atoms with Crippen LogP contribution in [-0.2, 0) is 6.54 Å². The number of hydrogen-bond donors (Lipinski definition) is 1. The Kier molecular flexibility index (Phi) is 9.31. The first-order chi connectivity index (χ1) is 14.3. The number of benzene rings is 2. The number of phenols is 1. The summed E-state index contributed by atoms with van der Waals surface area (Å²) in [6, 6.07) is 18.4. The highest BCUT2D eigenvalue weighted by Gasteiger charge is 2.14. The molecule has 30 heavy (non-hydrogen) atoms. The number of aromatic nitrogens is 1. The summed E-state index contributed by atoms with van der Waals surface area (Å²) in [5, 5.41) is 10.8. The van der Waals surface area contributed by atoms with Crippen LogP contribution >= 0.6 is 11.8 Å². The van der Waals surface area contributed by atoms with Gasteiger partial charge in [0.25, 0.3) is 0 Å². The van der Waals surface area contributed by atoms with E-state index in [1.807, 2.05) is 12.1 Å². The fraction of sp³-hybridized carbons (Fsp3) is 0.423. The minimum Gasteiger partial charge on any atom is -1.00 e. The number of nitrogens with zero attached hydrogens (tertiary/aromatic N) is 1. The van der Waals surface area contributed by atoms with Gasteiger partial charge in [0.2, 0.25) is 5.52 Å². The Morgan fingerprint density at radius 3 is 2.43 bits per heavy atom. The Labute approximate surface area is 202 Å². The molecule has 160 valence electrons. The third-order valence-corrected chi connectivity index (χ3v) is 7.10. The molecule has 0 aliphatic heterocycles. The fourth-order valence-corrected chi connectivity index (χ4v) is 5.45. The Balaban J connectivity index is 0.00000256. The smallest absolute Gasteiger partial charge is 0.212 e. The van der Waals surface area contributed by atoms with Gasteiger partial charge in [-0.1, -0.05) is 68.8 Å². The van der Waals surface area contributed by atoms with Crippen molar-refractivity contribution in [2.45, 2.75) is 74.1 Å². The van der Waals surface area contributed by atoms with Crippen LogP contribution in [0.15, 0.2) is 70.6 Å². The maximum Gasteiger partial charge on any atom is 0.212 e.